The van der Waals surface area contributed by atoms with Gasteiger partial charge in [-0.1, -0.05) is 12.1 Å². The summed E-state index contributed by atoms with van der Waals surface area (Å²) in [5.41, 5.74) is -4.26. The molecule has 5 amide bonds. The first kappa shape index (κ1) is 35.4. The highest BCUT2D eigenvalue weighted by molar-refractivity contribution is 7.91. The number of rotatable bonds is 6. The van der Waals surface area contributed by atoms with Crippen molar-refractivity contribution in [2.24, 2.45) is 0 Å². The number of nitrogens with one attached hydrogen (secondary N) is 2. The standard InChI is InChI=1S/C18H14F4N2O4S.C13H10N2O4/c1-17(26,10-29(27,28)14-6-3-12(19)4-7-14)16(25)24-13-5-2-11(9-23)15(8-13)18(20,21)22;16-10-6-5-9(11(17)14-10)15-12(18)7-3-1-2-4-8(7)13(15)19/h2-8,26H,10H2,1H3,(H,24,25);1-4,9H,5-6H2,(H,14,16,17). The summed E-state index contributed by atoms with van der Waals surface area (Å²) in [6.07, 6.45) is -4.56. The van der Waals surface area contributed by atoms with Crippen molar-refractivity contribution in [2.45, 2.75) is 42.5 Å². The molecule has 0 spiro atoms. The second-order valence-electron chi connectivity index (χ2n) is 10.8. The molecule has 0 radical (unpaired) electrons. The number of sulfone groups is 1. The second kappa shape index (κ2) is 13.3. The Labute approximate surface area is 269 Å². The Morgan fingerprint density at radius 1 is 1.02 bits per heavy atom. The predicted molar refractivity (Wildman–Crippen MR) is 157 cm³/mol. The minimum absolute atomic E-state index is 0.129. The van der Waals surface area contributed by atoms with Crippen LogP contribution in [0.3, 0.4) is 0 Å². The summed E-state index contributed by atoms with van der Waals surface area (Å²) in [7, 11) is -4.21. The summed E-state index contributed by atoms with van der Waals surface area (Å²) < 4.78 is 76.6. The molecule has 3 aromatic rings. The SMILES string of the molecule is CC(O)(CS(=O)(=O)c1ccc(F)cc1)C(=O)Nc1ccc(C#N)c(C(F)(F)F)c1.O=C1CCC(N2C(=O)c3ccccc3C2=O)C(=O)N1. The molecule has 17 heteroatoms. The first-order valence-electron chi connectivity index (χ1n) is 13.8. The third kappa shape index (κ3) is 7.56. The molecular formula is C31H24F4N4O8S. The van der Waals surface area contributed by atoms with Crippen molar-refractivity contribution < 1.29 is 55.1 Å². The number of hydrogen-bond acceptors (Lipinski definition) is 9. The van der Waals surface area contributed by atoms with E-state index >= 15 is 0 Å². The molecule has 2 aliphatic heterocycles. The summed E-state index contributed by atoms with van der Waals surface area (Å²) in [4.78, 5) is 60.1. The van der Waals surface area contributed by atoms with Gasteiger partial charge in [0.2, 0.25) is 11.8 Å². The van der Waals surface area contributed by atoms with Gasteiger partial charge < -0.3 is 10.4 Å². The van der Waals surface area contributed by atoms with E-state index in [1.54, 1.807) is 24.3 Å². The lowest BCUT2D eigenvalue weighted by atomic mass is 10.0. The van der Waals surface area contributed by atoms with Crippen molar-refractivity contribution in [3.63, 3.8) is 0 Å². The van der Waals surface area contributed by atoms with Crippen LogP contribution in [0.1, 0.15) is 51.6 Å². The van der Waals surface area contributed by atoms with Crippen LogP contribution in [0.5, 0.6) is 0 Å². The highest BCUT2D eigenvalue weighted by Crippen LogP contribution is 2.34. The monoisotopic (exact) mass is 688 g/mol. The number of piperidine rings is 1. The maximum Gasteiger partial charge on any atom is 0.417 e. The number of anilines is 1. The zero-order valence-electron chi connectivity index (χ0n) is 24.7. The van der Waals surface area contributed by atoms with Gasteiger partial charge in [-0.05, 0) is 67.9 Å². The number of nitriles is 1. The number of imide groups is 2. The summed E-state index contributed by atoms with van der Waals surface area (Å²) in [5, 5.41) is 23.2. The second-order valence-corrected chi connectivity index (χ2v) is 12.8. The first-order valence-corrected chi connectivity index (χ1v) is 15.4. The molecular weight excluding hydrogens is 664 g/mol. The van der Waals surface area contributed by atoms with Crippen LogP contribution in [-0.4, -0.2) is 65.4 Å². The smallest absolute Gasteiger partial charge is 0.379 e. The van der Waals surface area contributed by atoms with Gasteiger partial charge in [0.15, 0.2) is 15.4 Å². The number of nitrogens with zero attached hydrogens (tertiary/aromatic N) is 2. The van der Waals surface area contributed by atoms with Crippen molar-refractivity contribution >= 4 is 45.1 Å². The largest absolute Gasteiger partial charge is 0.417 e. The van der Waals surface area contributed by atoms with Crippen LogP contribution in [-0.2, 0) is 30.4 Å². The van der Waals surface area contributed by atoms with Gasteiger partial charge in [-0.15, -0.1) is 0 Å². The van der Waals surface area contributed by atoms with Gasteiger partial charge >= 0.3 is 6.18 Å². The van der Waals surface area contributed by atoms with Crippen LogP contribution >= 0.6 is 0 Å². The number of carbonyl (C=O) groups excluding carboxylic acids is 5. The molecule has 0 saturated carbocycles. The van der Waals surface area contributed by atoms with Crippen LogP contribution in [0.2, 0.25) is 0 Å². The Morgan fingerprint density at radius 2 is 1.60 bits per heavy atom. The normalized spacial score (nSPS) is 17.4. The topological polar surface area (TPSA) is 191 Å². The van der Waals surface area contributed by atoms with Gasteiger partial charge in [-0.25, -0.2) is 12.8 Å². The minimum atomic E-state index is -4.86. The predicted octanol–water partition coefficient (Wildman–Crippen LogP) is 2.97. The molecule has 2 aliphatic rings. The molecule has 0 bridgehead atoms. The molecule has 3 aromatic carbocycles. The Bertz CT molecular complexity index is 1940. The van der Waals surface area contributed by atoms with Gasteiger partial charge in [-0.3, -0.25) is 34.2 Å². The molecule has 2 atom stereocenters. The van der Waals surface area contributed by atoms with Crippen LogP contribution in [0.25, 0.3) is 0 Å². The van der Waals surface area contributed by atoms with Crippen molar-refractivity contribution in [3.8, 4) is 6.07 Å². The number of hydrogen-bond donors (Lipinski definition) is 3. The first-order chi connectivity index (χ1) is 22.4. The Balaban J connectivity index is 0.000000235. The fourth-order valence-electron chi connectivity index (χ4n) is 4.80. The molecule has 1 saturated heterocycles. The van der Waals surface area contributed by atoms with Gasteiger partial charge in [0.05, 0.1) is 39.0 Å². The number of alkyl halides is 3. The maximum atomic E-state index is 13.0. The number of amides is 5. The lowest BCUT2D eigenvalue weighted by molar-refractivity contribution is -0.138. The summed E-state index contributed by atoms with van der Waals surface area (Å²) in [6, 6.07) is 12.9. The van der Waals surface area contributed by atoms with Gasteiger partial charge in [0.1, 0.15) is 11.9 Å². The Morgan fingerprint density at radius 3 is 2.12 bits per heavy atom. The zero-order valence-corrected chi connectivity index (χ0v) is 25.5. The highest BCUT2D eigenvalue weighted by Gasteiger charge is 2.44. The van der Waals surface area contributed by atoms with E-state index < -0.39 is 74.0 Å². The van der Waals surface area contributed by atoms with Crippen LogP contribution in [0, 0.1) is 17.1 Å². The van der Waals surface area contributed by atoms with E-state index in [2.05, 4.69) is 5.32 Å². The van der Waals surface area contributed by atoms with Crippen LogP contribution in [0.4, 0.5) is 23.2 Å². The van der Waals surface area contributed by atoms with Crippen molar-refractivity contribution in [2.75, 3.05) is 11.1 Å². The molecule has 2 heterocycles. The van der Waals surface area contributed by atoms with E-state index in [0.717, 1.165) is 48.2 Å². The molecule has 0 aromatic heterocycles. The third-order valence-corrected chi connectivity index (χ3v) is 9.12. The molecule has 3 N–H and O–H groups in total. The number of benzene rings is 3. The van der Waals surface area contributed by atoms with E-state index in [-0.39, 0.29) is 29.3 Å². The molecule has 12 nitrogen and oxygen atoms in total. The molecule has 0 aliphatic carbocycles. The lowest BCUT2D eigenvalue weighted by Gasteiger charge is -2.27. The van der Waals surface area contributed by atoms with E-state index in [9.17, 15) is 55.1 Å². The Kier molecular flexibility index (Phi) is 9.83. The van der Waals surface area contributed by atoms with Gasteiger partial charge in [0.25, 0.3) is 17.7 Å². The molecule has 2 unspecified atom stereocenters. The average Bonchev–Trinajstić information content (AvgIpc) is 3.26. The average molecular weight is 689 g/mol. The van der Waals surface area contributed by atoms with E-state index in [4.69, 9.17) is 5.26 Å². The highest BCUT2D eigenvalue weighted by atomic mass is 32.2. The quantitative estimate of drug-likeness (QED) is 0.199. The third-order valence-electron chi connectivity index (χ3n) is 7.18. The van der Waals surface area contributed by atoms with Gasteiger partial charge in [0, 0.05) is 12.1 Å². The van der Waals surface area contributed by atoms with Crippen molar-refractivity contribution in [1.29, 1.82) is 5.26 Å². The minimum Gasteiger partial charge on any atom is -0.379 e. The Hall–Kier alpha value is -5.47. The molecule has 250 valence electrons. The number of fused-ring (bicyclic) bond motifs is 1. The van der Waals surface area contributed by atoms with Gasteiger partial charge in [-0.2, -0.15) is 18.4 Å². The summed E-state index contributed by atoms with van der Waals surface area (Å²) in [6.45, 7) is 0.873. The van der Waals surface area contributed by atoms with Crippen LogP contribution < -0.4 is 10.6 Å². The zero-order chi connectivity index (χ0) is 35.6. The fraction of sp³-hybridized carbons (Fsp3) is 0.226. The van der Waals surface area contributed by atoms with E-state index in [1.165, 1.54) is 6.07 Å². The maximum absolute atomic E-state index is 13.0. The van der Waals surface area contributed by atoms with Crippen LogP contribution in [0.15, 0.2) is 71.6 Å². The fourth-order valence-corrected chi connectivity index (χ4v) is 6.39. The molecule has 48 heavy (non-hydrogen) atoms. The molecule has 1 fully saturated rings. The summed E-state index contributed by atoms with van der Waals surface area (Å²) >= 11 is 0. The number of halogens is 4. The number of aliphatic hydroxyl groups is 1. The van der Waals surface area contributed by atoms with E-state index in [0.29, 0.717) is 17.2 Å². The number of carbonyl (C=O) groups is 5. The van der Waals surface area contributed by atoms with Crippen molar-refractivity contribution in [3.05, 3.63) is 94.8 Å². The summed E-state index contributed by atoms with van der Waals surface area (Å²) in [5.74, 6) is -4.98. The molecule has 5 rings (SSSR count). The van der Waals surface area contributed by atoms with Crippen molar-refractivity contribution in [1.82, 2.24) is 10.2 Å². The lowest BCUT2D eigenvalue weighted by Crippen LogP contribution is -2.54. The van der Waals surface area contributed by atoms with E-state index in [1.807, 2.05) is 5.32 Å².